The first-order valence-electron chi connectivity index (χ1n) is 16.2. The Bertz CT molecular complexity index is 628. The van der Waals surface area contributed by atoms with E-state index in [1.165, 1.54) is 177 Å². The molecule has 0 N–H and O–H groups in total. The molecular formula is C34H58S2. The lowest BCUT2D eigenvalue weighted by Gasteiger charge is -2.18. The lowest BCUT2D eigenvalue weighted by molar-refractivity contribution is 0.539. The minimum Gasteiger partial charge on any atom is -0.157 e. The Morgan fingerprint density at radius 1 is 0.361 bits per heavy atom. The highest BCUT2D eigenvalue weighted by molar-refractivity contribution is 7.98. The molecule has 0 radical (unpaired) electrons. The summed E-state index contributed by atoms with van der Waals surface area (Å²) in [6.07, 6.45) is 34.5. The molecule has 0 atom stereocenters. The van der Waals surface area contributed by atoms with Gasteiger partial charge in [-0.25, -0.2) is 0 Å². The van der Waals surface area contributed by atoms with E-state index in [9.17, 15) is 0 Å². The summed E-state index contributed by atoms with van der Waals surface area (Å²) in [4.78, 5) is 0. The van der Waals surface area contributed by atoms with Crippen LogP contribution >= 0.6 is 23.5 Å². The van der Waals surface area contributed by atoms with E-state index >= 15 is 0 Å². The van der Waals surface area contributed by atoms with Crippen molar-refractivity contribution in [3.8, 4) is 0 Å². The van der Waals surface area contributed by atoms with Crippen LogP contribution in [0.15, 0.2) is 12.1 Å². The summed E-state index contributed by atoms with van der Waals surface area (Å²) in [5.74, 6) is 5.21. The Morgan fingerprint density at radius 3 is 1.11 bits per heavy atom. The van der Waals surface area contributed by atoms with Gasteiger partial charge in [0.2, 0.25) is 0 Å². The molecule has 0 spiro atoms. The molecular weight excluding hydrogens is 473 g/mol. The van der Waals surface area contributed by atoms with Crippen molar-refractivity contribution < 1.29 is 0 Å². The van der Waals surface area contributed by atoms with Crippen LogP contribution in [0, 0.1) is 0 Å². The van der Waals surface area contributed by atoms with Crippen molar-refractivity contribution in [1.82, 2.24) is 0 Å². The van der Waals surface area contributed by atoms with E-state index in [4.69, 9.17) is 0 Å². The first kappa shape index (κ1) is 30.5. The Hall–Kier alpha value is -0.0800. The summed E-state index contributed by atoms with van der Waals surface area (Å²) in [6.45, 7) is 0. The third-order valence-corrected chi connectivity index (χ3v) is 10.7. The second kappa shape index (κ2) is 20.8. The van der Waals surface area contributed by atoms with Gasteiger partial charge >= 0.3 is 0 Å². The Balaban J connectivity index is 1.70. The number of fused-ring (bicyclic) bond motifs is 13. The van der Waals surface area contributed by atoms with Crippen molar-refractivity contribution in [2.24, 2.45) is 0 Å². The maximum absolute atomic E-state index is 2.65. The van der Waals surface area contributed by atoms with E-state index in [1.54, 1.807) is 22.3 Å². The Labute approximate surface area is 234 Å². The molecule has 0 saturated carbocycles. The third kappa shape index (κ3) is 13.6. The van der Waals surface area contributed by atoms with Crippen LogP contribution in [0.4, 0.5) is 0 Å². The minimum absolute atomic E-state index is 1.25. The van der Waals surface area contributed by atoms with Gasteiger partial charge in [0.15, 0.2) is 0 Å². The minimum atomic E-state index is 1.25. The molecule has 0 saturated heterocycles. The molecule has 1 aromatic carbocycles. The molecule has 3 aliphatic rings. The monoisotopic (exact) mass is 530 g/mol. The van der Waals surface area contributed by atoms with Crippen LogP contribution in [-0.2, 0) is 24.3 Å². The van der Waals surface area contributed by atoms with Gasteiger partial charge in [-0.3, -0.25) is 0 Å². The average Bonchev–Trinajstić information content (AvgIpc) is 2.88. The van der Waals surface area contributed by atoms with Gasteiger partial charge in [-0.05, 0) is 72.3 Å². The lowest BCUT2D eigenvalue weighted by Crippen LogP contribution is -2.03. The van der Waals surface area contributed by atoms with Crippen LogP contribution < -0.4 is 0 Å². The molecule has 206 valence electrons. The number of hydrogen-bond donors (Lipinski definition) is 0. The molecule has 0 unspecified atom stereocenters. The second-order valence-corrected chi connectivity index (χ2v) is 14.0. The van der Waals surface area contributed by atoms with Crippen LogP contribution in [0.25, 0.3) is 0 Å². The van der Waals surface area contributed by atoms with Crippen LogP contribution in [0.2, 0.25) is 0 Å². The molecule has 4 rings (SSSR count). The fourth-order valence-electron chi connectivity index (χ4n) is 6.18. The largest absolute Gasteiger partial charge is 0.157 e. The fraction of sp³-hybridized carbons (Fsp3) is 0.824. The number of hydrogen-bond acceptors (Lipinski definition) is 2. The summed E-state index contributed by atoms with van der Waals surface area (Å²) in [7, 11) is 0. The van der Waals surface area contributed by atoms with Gasteiger partial charge in [0, 0.05) is 11.5 Å². The fourth-order valence-corrected chi connectivity index (χ4v) is 8.24. The summed E-state index contributed by atoms with van der Waals surface area (Å²) in [5, 5.41) is 0. The zero-order chi connectivity index (χ0) is 24.9. The van der Waals surface area contributed by atoms with Crippen molar-refractivity contribution in [2.45, 2.75) is 166 Å². The van der Waals surface area contributed by atoms with Gasteiger partial charge in [-0.2, -0.15) is 23.5 Å². The van der Waals surface area contributed by atoms with Gasteiger partial charge in [-0.15, -0.1) is 0 Å². The van der Waals surface area contributed by atoms with Gasteiger partial charge in [0.25, 0.3) is 0 Å². The predicted octanol–water partition coefficient (Wildman–Crippen LogP) is 11.8. The number of aryl methyl sites for hydroxylation is 1. The van der Waals surface area contributed by atoms with Crippen molar-refractivity contribution in [3.05, 3.63) is 34.4 Å². The molecule has 0 nitrogen and oxygen atoms in total. The van der Waals surface area contributed by atoms with Crippen molar-refractivity contribution in [1.29, 1.82) is 0 Å². The molecule has 1 aromatic rings. The molecule has 0 aromatic heterocycles. The number of thioether (sulfide) groups is 2. The predicted molar refractivity (Wildman–Crippen MR) is 168 cm³/mol. The van der Waals surface area contributed by atoms with Crippen LogP contribution in [0.5, 0.6) is 0 Å². The third-order valence-electron chi connectivity index (χ3n) is 8.48. The smallest absolute Gasteiger partial charge is 0.0187 e. The van der Waals surface area contributed by atoms with Gasteiger partial charge in [0.1, 0.15) is 0 Å². The zero-order valence-electron chi connectivity index (χ0n) is 23.8. The van der Waals surface area contributed by atoms with Crippen molar-refractivity contribution >= 4 is 23.5 Å². The lowest BCUT2D eigenvalue weighted by atomic mass is 9.92. The highest BCUT2D eigenvalue weighted by Crippen LogP contribution is 2.30. The van der Waals surface area contributed by atoms with Crippen LogP contribution in [0.1, 0.15) is 164 Å². The van der Waals surface area contributed by atoms with E-state index in [1.807, 2.05) is 0 Å². The molecule has 1 heterocycles. The van der Waals surface area contributed by atoms with Gasteiger partial charge in [0.05, 0.1) is 0 Å². The number of benzene rings is 1. The molecule has 0 fully saturated rings. The molecule has 2 heteroatoms. The van der Waals surface area contributed by atoms with E-state index in [2.05, 4.69) is 35.7 Å². The standard InChI is InChI=1S/C34H58S2/c1-2-4-8-12-16-20-24-34-32-27-31(23-19-15-11-7-3-1)28-33(34)30-36-26-22-18-14-10-6-5-9-13-17-21-25-35-29-32/h27-28H,1-26,29-30H2. The topological polar surface area (TPSA) is 0 Å². The summed E-state index contributed by atoms with van der Waals surface area (Å²) >= 11 is 4.46. The summed E-state index contributed by atoms with van der Waals surface area (Å²) in [5.41, 5.74) is 6.84. The highest BCUT2D eigenvalue weighted by Gasteiger charge is 2.13. The molecule has 4 bridgehead atoms. The molecule has 0 amide bonds. The molecule has 2 aliphatic carbocycles. The molecule has 1 aliphatic heterocycles. The first-order chi connectivity index (χ1) is 17.9. The first-order valence-corrected chi connectivity index (χ1v) is 18.5. The van der Waals surface area contributed by atoms with E-state index in [0.717, 1.165) is 0 Å². The normalized spacial score (nSPS) is 22.4. The molecule has 36 heavy (non-hydrogen) atoms. The van der Waals surface area contributed by atoms with Crippen molar-refractivity contribution in [2.75, 3.05) is 11.5 Å². The summed E-state index contributed by atoms with van der Waals surface area (Å²) < 4.78 is 0. The van der Waals surface area contributed by atoms with Gasteiger partial charge in [-0.1, -0.05) is 128 Å². The van der Waals surface area contributed by atoms with E-state index < -0.39 is 0 Å². The van der Waals surface area contributed by atoms with Crippen molar-refractivity contribution in [3.63, 3.8) is 0 Å². The number of rotatable bonds is 0. The van der Waals surface area contributed by atoms with Gasteiger partial charge < -0.3 is 0 Å². The zero-order valence-corrected chi connectivity index (χ0v) is 25.4. The Morgan fingerprint density at radius 2 is 0.694 bits per heavy atom. The maximum atomic E-state index is 2.65. The van der Waals surface area contributed by atoms with Crippen LogP contribution in [-0.4, -0.2) is 11.5 Å². The average molecular weight is 531 g/mol. The maximum Gasteiger partial charge on any atom is 0.0187 e. The SMILES string of the molecule is c1c2cc3c(c1CSCCCCCCCCCCCCSC3)CCCCCCCCCCCCCC2. The van der Waals surface area contributed by atoms with Crippen LogP contribution in [0.3, 0.4) is 0 Å². The Kier molecular flexibility index (Phi) is 17.6. The second-order valence-electron chi connectivity index (χ2n) is 11.8. The highest BCUT2D eigenvalue weighted by atomic mass is 32.2. The summed E-state index contributed by atoms with van der Waals surface area (Å²) in [6, 6.07) is 5.31. The van der Waals surface area contributed by atoms with E-state index in [-0.39, 0.29) is 0 Å². The quantitative estimate of drug-likeness (QED) is 0.327. The van der Waals surface area contributed by atoms with E-state index in [0.29, 0.717) is 0 Å².